The van der Waals surface area contributed by atoms with Gasteiger partial charge in [0.25, 0.3) is 0 Å². The van der Waals surface area contributed by atoms with Gasteiger partial charge >= 0.3 is 0 Å². The van der Waals surface area contributed by atoms with Gasteiger partial charge in [-0.1, -0.05) is 13.8 Å². The highest BCUT2D eigenvalue weighted by Gasteiger charge is 2.33. The summed E-state index contributed by atoms with van der Waals surface area (Å²) in [4.78, 5) is 11.0. The van der Waals surface area contributed by atoms with Crippen molar-refractivity contribution in [2.24, 2.45) is 5.41 Å². The van der Waals surface area contributed by atoms with Crippen LogP contribution in [-0.4, -0.2) is 10.9 Å². The molecule has 0 aliphatic heterocycles. The highest BCUT2D eigenvalue weighted by molar-refractivity contribution is 5.97. The maximum Gasteiger partial charge on any atom is 0.162 e. The second-order valence-corrected chi connectivity index (χ2v) is 3.60. The first-order valence-electron chi connectivity index (χ1n) is 3.42. The topological polar surface area (TPSA) is 37.3 Å². The van der Waals surface area contributed by atoms with Gasteiger partial charge in [-0.15, -0.1) is 0 Å². The summed E-state index contributed by atoms with van der Waals surface area (Å²) in [6.07, 6.45) is 2.22. The first-order chi connectivity index (χ1) is 4.55. The van der Waals surface area contributed by atoms with Crippen molar-refractivity contribution in [2.75, 3.05) is 0 Å². The Bertz CT molecular complexity index is 189. The molecule has 0 atom stereocenters. The van der Waals surface area contributed by atoms with Crippen LogP contribution in [-0.2, 0) is 4.79 Å². The lowest BCUT2D eigenvalue weighted by molar-refractivity contribution is -0.115. The van der Waals surface area contributed by atoms with Crippen LogP contribution in [0, 0.1) is 5.41 Å². The predicted molar refractivity (Wildman–Crippen MR) is 38.7 cm³/mol. The number of hydrogen-bond acceptors (Lipinski definition) is 2. The summed E-state index contributed by atoms with van der Waals surface area (Å²) >= 11 is 0. The van der Waals surface area contributed by atoms with Gasteiger partial charge in [-0.25, -0.2) is 0 Å². The molecule has 0 spiro atoms. The van der Waals surface area contributed by atoms with E-state index in [2.05, 4.69) is 0 Å². The van der Waals surface area contributed by atoms with Crippen molar-refractivity contribution in [2.45, 2.75) is 26.7 Å². The largest absolute Gasteiger partial charge is 0.515 e. The first kappa shape index (κ1) is 7.32. The van der Waals surface area contributed by atoms with Crippen LogP contribution in [0.15, 0.2) is 11.8 Å². The average Bonchev–Trinajstić information content (AvgIpc) is 2.05. The molecule has 0 aromatic rings. The molecular formula is C8H12O2. The van der Waals surface area contributed by atoms with E-state index in [1.165, 1.54) is 0 Å². The van der Waals surface area contributed by atoms with E-state index in [4.69, 9.17) is 5.11 Å². The van der Waals surface area contributed by atoms with E-state index < -0.39 is 0 Å². The highest BCUT2D eigenvalue weighted by atomic mass is 16.2. The lowest BCUT2D eigenvalue weighted by atomic mass is 9.92. The van der Waals surface area contributed by atoms with Crippen LogP contribution in [0.2, 0.25) is 0 Å². The van der Waals surface area contributed by atoms with Crippen molar-refractivity contribution in [1.82, 2.24) is 0 Å². The number of allylic oxidation sites excluding steroid dienone is 1. The maximum absolute atomic E-state index is 11.0. The number of carbonyl (C=O) groups excluding carboxylic acids is 1. The van der Waals surface area contributed by atoms with Crippen molar-refractivity contribution in [3.8, 4) is 0 Å². The van der Waals surface area contributed by atoms with Crippen LogP contribution in [0.4, 0.5) is 0 Å². The summed E-state index contributed by atoms with van der Waals surface area (Å²) in [5.41, 5.74) is 0.635. The summed E-state index contributed by atoms with van der Waals surface area (Å²) in [6, 6.07) is 0. The zero-order chi connectivity index (χ0) is 7.78. The molecule has 0 radical (unpaired) electrons. The van der Waals surface area contributed by atoms with E-state index in [1.54, 1.807) is 0 Å². The van der Waals surface area contributed by atoms with Gasteiger partial charge in [0.2, 0.25) is 0 Å². The average molecular weight is 140 g/mol. The summed E-state index contributed by atoms with van der Waals surface area (Å²) in [6.45, 7) is 4.06. The molecule has 1 aliphatic carbocycles. The standard InChI is InChI=1S/C8H12O2/c1-8(2)3-6(5-9)7(10)4-8/h5,9H,3-4H2,1-2H3/b6-5+. The number of Topliss-reactive ketones (excluding diaryl/α,β-unsaturated/α-hetero) is 1. The molecule has 1 fully saturated rings. The normalized spacial score (nSPS) is 27.8. The molecule has 56 valence electrons. The van der Waals surface area contributed by atoms with Crippen LogP contribution in [0.3, 0.4) is 0 Å². The molecule has 1 rings (SSSR count). The van der Waals surface area contributed by atoms with Crippen LogP contribution in [0.1, 0.15) is 26.7 Å². The zero-order valence-electron chi connectivity index (χ0n) is 6.35. The molecule has 0 heterocycles. The molecule has 1 N–H and O–H groups in total. The van der Waals surface area contributed by atoms with Crippen LogP contribution in [0.25, 0.3) is 0 Å². The van der Waals surface area contributed by atoms with Gasteiger partial charge in [-0.2, -0.15) is 0 Å². The minimum atomic E-state index is 0.0612. The second kappa shape index (κ2) is 2.11. The Kier molecular flexibility index (Phi) is 1.55. The van der Waals surface area contributed by atoms with E-state index in [9.17, 15) is 4.79 Å². The van der Waals surface area contributed by atoms with Crippen molar-refractivity contribution < 1.29 is 9.90 Å². The van der Waals surface area contributed by atoms with Crippen LogP contribution in [0.5, 0.6) is 0 Å². The van der Waals surface area contributed by atoms with Crippen LogP contribution >= 0.6 is 0 Å². The van der Waals surface area contributed by atoms with Crippen molar-refractivity contribution in [3.63, 3.8) is 0 Å². The third-order valence-electron chi connectivity index (χ3n) is 1.82. The van der Waals surface area contributed by atoms with E-state index in [-0.39, 0.29) is 11.2 Å². The Hall–Kier alpha value is -0.790. The summed E-state index contributed by atoms with van der Waals surface area (Å²) in [5, 5.41) is 8.59. The molecule has 2 nitrogen and oxygen atoms in total. The van der Waals surface area contributed by atoms with Gasteiger partial charge in [-0.3, -0.25) is 4.79 Å². The number of rotatable bonds is 0. The van der Waals surface area contributed by atoms with Gasteiger partial charge in [0.15, 0.2) is 5.78 Å². The minimum absolute atomic E-state index is 0.0612. The SMILES string of the molecule is CC1(C)CC(=O)/C(=C/O)C1. The predicted octanol–water partition coefficient (Wildman–Crippen LogP) is 1.82. The van der Waals surface area contributed by atoms with Gasteiger partial charge in [-0.05, 0) is 11.8 Å². The molecule has 10 heavy (non-hydrogen) atoms. The lowest BCUT2D eigenvalue weighted by Gasteiger charge is -2.12. The van der Waals surface area contributed by atoms with E-state index in [0.29, 0.717) is 18.4 Å². The monoisotopic (exact) mass is 140 g/mol. The molecule has 0 aromatic carbocycles. The summed E-state index contributed by atoms with van der Waals surface area (Å²) in [7, 11) is 0. The maximum atomic E-state index is 11.0. The molecule has 2 heteroatoms. The molecular weight excluding hydrogens is 128 g/mol. The fourth-order valence-electron chi connectivity index (χ4n) is 1.34. The zero-order valence-corrected chi connectivity index (χ0v) is 6.35. The highest BCUT2D eigenvalue weighted by Crippen LogP contribution is 2.37. The molecule has 0 amide bonds. The van der Waals surface area contributed by atoms with Crippen molar-refractivity contribution in [1.29, 1.82) is 0 Å². The van der Waals surface area contributed by atoms with E-state index in [0.717, 1.165) is 6.26 Å². The fourth-order valence-corrected chi connectivity index (χ4v) is 1.34. The Balaban J connectivity index is 2.81. The van der Waals surface area contributed by atoms with E-state index in [1.807, 2.05) is 13.8 Å². The minimum Gasteiger partial charge on any atom is -0.515 e. The molecule has 0 saturated heterocycles. The lowest BCUT2D eigenvalue weighted by Crippen LogP contribution is -2.04. The van der Waals surface area contributed by atoms with Crippen molar-refractivity contribution in [3.05, 3.63) is 11.8 Å². The van der Waals surface area contributed by atoms with Gasteiger partial charge < -0.3 is 5.11 Å². The van der Waals surface area contributed by atoms with Gasteiger partial charge in [0.05, 0.1) is 6.26 Å². The summed E-state index contributed by atoms with van der Waals surface area (Å²) < 4.78 is 0. The third-order valence-corrected chi connectivity index (χ3v) is 1.82. The number of aliphatic hydroxyl groups is 1. The number of carbonyl (C=O) groups is 1. The molecule has 1 aliphatic rings. The third kappa shape index (κ3) is 1.20. The number of ketones is 1. The molecule has 1 saturated carbocycles. The van der Waals surface area contributed by atoms with E-state index >= 15 is 0 Å². The van der Waals surface area contributed by atoms with Crippen LogP contribution < -0.4 is 0 Å². The Morgan fingerprint density at radius 3 is 2.30 bits per heavy atom. The van der Waals surface area contributed by atoms with Crippen molar-refractivity contribution >= 4 is 5.78 Å². The number of aliphatic hydroxyl groups excluding tert-OH is 1. The molecule has 0 bridgehead atoms. The van der Waals surface area contributed by atoms with Gasteiger partial charge in [0, 0.05) is 12.0 Å². The van der Waals surface area contributed by atoms with Gasteiger partial charge in [0.1, 0.15) is 0 Å². The number of hydrogen-bond donors (Lipinski definition) is 1. The second-order valence-electron chi connectivity index (χ2n) is 3.60. The Labute approximate surface area is 60.6 Å². The quantitative estimate of drug-likeness (QED) is 0.411. The fraction of sp³-hybridized carbons (Fsp3) is 0.625. The first-order valence-corrected chi connectivity index (χ1v) is 3.42. The molecule has 0 aromatic heterocycles. The molecule has 0 unspecified atom stereocenters. The smallest absolute Gasteiger partial charge is 0.162 e. The Morgan fingerprint density at radius 2 is 2.10 bits per heavy atom. The Morgan fingerprint density at radius 1 is 1.50 bits per heavy atom. The summed E-state index contributed by atoms with van der Waals surface area (Å²) in [5.74, 6) is 0.0903.